The molecular formula is C16H20N3P. The van der Waals surface area contributed by atoms with E-state index in [1.54, 1.807) is 0 Å². The molecule has 4 heteroatoms. The van der Waals surface area contributed by atoms with Crippen LogP contribution in [0.15, 0.2) is 65.7 Å². The second-order valence-corrected chi connectivity index (χ2v) is 6.82. The summed E-state index contributed by atoms with van der Waals surface area (Å²) in [5.41, 5.74) is 10.7. The van der Waals surface area contributed by atoms with Crippen LogP contribution in [-0.2, 0) is 0 Å². The number of nitrogens with two attached hydrogens (primary N) is 2. The Bertz CT molecular complexity index is 497. The number of rotatable bonds is 6. The fourth-order valence-electron chi connectivity index (χ4n) is 2.06. The van der Waals surface area contributed by atoms with Gasteiger partial charge < -0.3 is 11.5 Å². The molecule has 0 aliphatic carbocycles. The summed E-state index contributed by atoms with van der Waals surface area (Å²) in [6.07, 6.45) is 2.09. The molecule has 0 radical (unpaired) electrons. The first-order valence-electron chi connectivity index (χ1n) is 6.70. The third-order valence-corrected chi connectivity index (χ3v) is 5.58. The van der Waals surface area contributed by atoms with E-state index in [9.17, 15) is 0 Å². The van der Waals surface area contributed by atoms with E-state index < -0.39 is 0 Å². The highest BCUT2D eigenvalue weighted by Gasteiger charge is 2.12. The Balaban J connectivity index is 2.11. The van der Waals surface area contributed by atoms with Crippen molar-refractivity contribution in [1.82, 2.24) is 0 Å². The molecule has 0 atom stereocenters. The molecule has 20 heavy (non-hydrogen) atoms. The maximum Gasteiger partial charge on any atom is 0.185 e. The van der Waals surface area contributed by atoms with Gasteiger partial charge in [-0.15, -0.1) is 0 Å². The van der Waals surface area contributed by atoms with E-state index >= 15 is 0 Å². The van der Waals surface area contributed by atoms with Crippen molar-refractivity contribution < 1.29 is 0 Å². The van der Waals surface area contributed by atoms with Crippen molar-refractivity contribution in [3.63, 3.8) is 0 Å². The van der Waals surface area contributed by atoms with Crippen molar-refractivity contribution in [3.8, 4) is 0 Å². The molecule has 0 fully saturated rings. The van der Waals surface area contributed by atoms with Gasteiger partial charge in [0, 0.05) is 6.54 Å². The first kappa shape index (κ1) is 14.5. The summed E-state index contributed by atoms with van der Waals surface area (Å²) in [4.78, 5) is 4.07. The molecule has 0 aliphatic heterocycles. The quantitative estimate of drug-likeness (QED) is 0.368. The first-order valence-corrected chi connectivity index (χ1v) is 8.23. The van der Waals surface area contributed by atoms with Crippen LogP contribution in [0.3, 0.4) is 0 Å². The van der Waals surface area contributed by atoms with E-state index in [1.165, 1.54) is 10.6 Å². The topological polar surface area (TPSA) is 64.4 Å². The fourth-order valence-corrected chi connectivity index (χ4v) is 4.40. The van der Waals surface area contributed by atoms with Gasteiger partial charge in [-0.1, -0.05) is 60.7 Å². The standard InChI is InChI=1S/C16H20N3P/c17-16(18)19-12-7-13-20(14-8-3-1-4-9-14)15-10-5-2-6-11-15/h1-6,8-11H,7,12-13H2,(H4,17,18,19). The van der Waals surface area contributed by atoms with Gasteiger partial charge in [-0.25, -0.2) is 0 Å². The summed E-state index contributed by atoms with van der Waals surface area (Å²) in [6.45, 7) is 0.695. The normalized spacial score (nSPS) is 10.4. The summed E-state index contributed by atoms with van der Waals surface area (Å²) in [5.74, 6) is 0.175. The molecule has 104 valence electrons. The van der Waals surface area contributed by atoms with E-state index in [0.717, 1.165) is 12.6 Å². The summed E-state index contributed by atoms with van der Waals surface area (Å²) >= 11 is 0. The van der Waals surface area contributed by atoms with Crippen molar-refractivity contribution in [2.24, 2.45) is 16.5 Å². The highest BCUT2D eigenvalue weighted by molar-refractivity contribution is 7.73. The molecule has 0 aliphatic rings. The van der Waals surface area contributed by atoms with Gasteiger partial charge in [0.1, 0.15) is 0 Å². The molecule has 4 N–H and O–H groups in total. The largest absolute Gasteiger partial charge is 0.370 e. The van der Waals surface area contributed by atoms with Crippen LogP contribution in [0.2, 0.25) is 0 Å². The van der Waals surface area contributed by atoms with E-state index in [1.807, 2.05) is 0 Å². The Morgan fingerprint density at radius 2 is 1.35 bits per heavy atom. The number of nitrogens with zero attached hydrogens (tertiary/aromatic N) is 1. The predicted molar refractivity (Wildman–Crippen MR) is 89.2 cm³/mol. The molecule has 2 aromatic carbocycles. The van der Waals surface area contributed by atoms with Crippen LogP contribution in [0.1, 0.15) is 6.42 Å². The average Bonchev–Trinajstić information content (AvgIpc) is 2.49. The first-order chi connectivity index (χ1) is 9.77. The van der Waals surface area contributed by atoms with Crippen LogP contribution in [0.25, 0.3) is 0 Å². The number of hydrogen-bond acceptors (Lipinski definition) is 1. The molecule has 0 unspecified atom stereocenters. The fraction of sp³-hybridized carbons (Fsp3) is 0.188. The Kier molecular flexibility index (Phi) is 5.57. The predicted octanol–water partition coefficient (Wildman–Crippen LogP) is 1.78. The molecule has 0 saturated heterocycles. The maximum atomic E-state index is 5.36. The van der Waals surface area contributed by atoms with E-state index in [0.29, 0.717) is 6.54 Å². The van der Waals surface area contributed by atoms with Crippen LogP contribution in [0, 0.1) is 0 Å². The van der Waals surface area contributed by atoms with Crippen LogP contribution in [0.4, 0.5) is 0 Å². The molecule has 0 bridgehead atoms. The van der Waals surface area contributed by atoms with Crippen LogP contribution < -0.4 is 22.1 Å². The number of hydrogen-bond donors (Lipinski definition) is 2. The molecule has 0 aromatic heterocycles. The summed E-state index contributed by atoms with van der Waals surface area (Å²) in [5, 5.41) is 2.80. The number of aliphatic imine (C=N–C) groups is 1. The third kappa shape index (κ3) is 4.36. The van der Waals surface area contributed by atoms with Crippen LogP contribution in [-0.4, -0.2) is 18.7 Å². The minimum Gasteiger partial charge on any atom is -0.370 e. The van der Waals surface area contributed by atoms with E-state index in [-0.39, 0.29) is 13.9 Å². The maximum absolute atomic E-state index is 5.36. The van der Waals surface area contributed by atoms with Gasteiger partial charge in [-0.3, -0.25) is 4.99 Å². The van der Waals surface area contributed by atoms with Gasteiger partial charge in [-0.05, 0) is 31.1 Å². The Hall–Kier alpha value is -1.86. The summed E-state index contributed by atoms with van der Waals surface area (Å²) in [7, 11) is -0.333. The minimum atomic E-state index is -0.333. The van der Waals surface area contributed by atoms with E-state index in [2.05, 4.69) is 65.7 Å². The van der Waals surface area contributed by atoms with Crippen LogP contribution >= 0.6 is 7.92 Å². The van der Waals surface area contributed by atoms with Crippen molar-refractivity contribution in [3.05, 3.63) is 60.7 Å². The SMILES string of the molecule is NC(N)=NCCCP(c1ccccc1)c1ccccc1. The lowest BCUT2D eigenvalue weighted by Crippen LogP contribution is -2.23. The van der Waals surface area contributed by atoms with Crippen molar-refractivity contribution >= 4 is 24.5 Å². The lowest BCUT2D eigenvalue weighted by Gasteiger charge is -2.18. The van der Waals surface area contributed by atoms with Crippen molar-refractivity contribution in [2.45, 2.75) is 6.42 Å². The monoisotopic (exact) mass is 285 g/mol. The summed E-state index contributed by atoms with van der Waals surface area (Å²) < 4.78 is 0. The molecule has 3 nitrogen and oxygen atoms in total. The molecule has 0 spiro atoms. The van der Waals surface area contributed by atoms with Gasteiger partial charge in [0.25, 0.3) is 0 Å². The minimum absolute atomic E-state index is 0.175. The van der Waals surface area contributed by atoms with Gasteiger partial charge in [0.15, 0.2) is 5.96 Å². The second-order valence-electron chi connectivity index (χ2n) is 4.48. The average molecular weight is 285 g/mol. The lowest BCUT2D eigenvalue weighted by molar-refractivity contribution is 0.935. The van der Waals surface area contributed by atoms with Gasteiger partial charge >= 0.3 is 0 Å². The Morgan fingerprint density at radius 3 is 1.80 bits per heavy atom. The van der Waals surface area contributed by atoms with Gasteiger partial charge in [-0.2, -0.15) is 0 Å². The van der Waals surface area contributed by atoms with E-state index in [4.69, 9.17) is 11.5 Å². The zero-order valence-corrected chi connectivity index (χ0v) is 12.3. The molecule has 2 aromatic rings. The van der Waals surface area contributed by atoms with Gasteiger partial charge in [0.05, 0.1) is 0 Å². The molecule has 0 saturated carbocycles. The highest BCUT2D eigenvalue weighted by Crippen LogP contribution is 2.33. The smallest absolute Gasteiger partial charge is 0.185 e. The second kappa shape index (κ2) is 7.66. The van der Waals surface area contributed by atoms with Gasteiger partial charge in [0.2, 0.25) is 0 Å². The Labute approximate surface area is 121 Å². The molecule has 2 rings (SSSR count). The summed E-state index contributed by atoms with van der Waals surface area (Å²) in [6, 6.07) is 21.3. The number of guanidine groups is 1. The third-order valence-electron chi connectivity index (χ3n) is 2.97. The zero-order chi connectivity index (χ0) is 14.2. The zero-order valence-electron chi connectivity index (χ0n) is 11.4. The Morgan fingerprint density at radius 1 is 0.850 bits per heavy atom. The number of benzene rings is 2. The molecule has 0 heterocycles. The van der Waals surface area contributed by atoms with Crippen LogP contribution in [0.5, 0.6) is 0 Å². The lowest BCUT2D eigenvalue weighted by atomic mass is 10.4. The molecule has 0 amide bonds. The van der Waals surface area contributed by atoms with Crippen molar-refractivity contribution in [1.29, 1.82) is 0 Å². The van der Waals surface area contributed by atoms with Crippen molar-refractivity contribution in [2.75, 3.05) is 12.7 Å². The highest BCUT2D eigenvalue weighted by atomic mass is 31.1. The molecular weight excluding hydrogens is 265 g/mol.